The Morgan fingerprint density at radius 3 is 2.54 bits per heavy atom. The van der Waals surface area contributed by atoms with E-state index in [1.807, 2.05) is 49.4 Å². The van der Waals surface area contributed by atoms with Crippen LogP contribution in [-0.2, 0) is 11.3 Å². The van der Waals surface area contributed by atoms with Gasteiger partial charge in [-0.1, -0.05) is 23.8 Å². The molecule has 3 N–H and O–H groups in total. The summed E-state index contributed by atoms with van der Waals surface area (Å²) in [6, 6.07) is 13.3. The number of ether oxygens (including phenoxy) is 2. The standard InChI is InChI=1S/C22H30N2O4/c1-17-6-9-19(10-7-17)24-22(26)16-28-20-11-8-18(14-21(20)27-2)15-23-12-4-3-5-13-25/h6-11,14,23,25H,3-5,12-13,15-16H2,1-2H3,(H,24,26). The Morgan fingerprint density at radius 2 is 1.82 bits per heavy atom. The Morgan fingerprint density at radius 1 is 1.04 bits per heavy atom. The Bertz CT molecular complexity index is 732. The van der Waals surface area contributed by atoms with Gasteiger partial charge in [-0.15, -0.1) is 0 Å². The molecule has 0 atom stereocenters. The molecule has 6 nitrogen and oxygen atoms in total. The molecule has 152 valence electrons. The monoisotopic (exact) mass is 386 g/mol. The van der Waals surface area contributed by atoms with Crippen molar-refractivity contribution in [3.63, 3.8) is 0 Å². The first-order valence-corrected chi connectivity index (χ1v) is 9.60. The summed E-state index contributed by atoms with van der Waals surface area (Å²) in [4.78, 5) is 12.1. The molecule has 0 heterocycles. The lowest BCUT2D eigenvalue weighted by atomic mass is 10.2. The number of rotatable bonds is 12. The van der Waals surface area contributed by atoms with E-state index in [1.165, 1.54) is 0 Å². The van der Waals surface area contributed by atoms with E-state index in [0.29, 0.717) is 11.5 Å². The van der Waals surface area contributed by atoms with Crippen LogP contribution in [0.3, 0.4) is 0 Å². The summed E-state index contributed by atoms with van der Waals surface area (Å²) in [6.45, 7) is 3.79. The van der Waals surface area contributed by atoms with Gasteiger partial charge < -0.3 is 25.2 Å². The van der Waals surface area contributed by atoms with Crippen molar-refractivity contribution >= 4 is 11.6 Å². The third-order valence-corrected chi connectivity index (χ3v) is 4.26. The van der Waals surface area contributed by atoms with Crippen molar-refractivity contribution in [2.75, 3.05) is 32.2 Å². The van der Waals surface area contributed by atoms with Crippen molar-refractivity contribution < 1.29 is 19.4 Å². The number of carbonyl (C=O) groups excluding carboxylic acids is 1. The minimum atomic E-state index is -0.223. The van der Waals surface area contributed by atoms with Crippen molar-refractivity contribution in [3.05, 3.63) is 53.6 Å². The van der Waals surface area contributed by atoms with Gasteiger partial charge in [0.1, 0.15) is 0 Å². The predicted octanol–water partition coefficient (Wildman–Crippen LogP) is 3.27. The summed E-state index contributed by atoms with van der Waals surface area (Å²) in [5.41, 5.74) is 2.96. The minimum Gasteiger partial charge on any atom is -0.493 e. The van der Waals surface area contributed by atoms with Gasteiger partial charge in [-0.05, 0) is 62.6 Å². The van der Waals surface area contributed by atoms with Crippen molar-refractivity contribution in [2.24, 2.45) is 0 Å². The number of amides is 1. The minimum absolute atomic E-state index is 0.0906. The topological polar surface area (TPSA) is 79.8 Å². The summed E-state index contributed by atoms with van der Waals surface area (Å²) < 4.78 is 11.0. The summed E-state index contributed by atoms with van der Waals surface area (Å²) in [6.07, 6.45) is 2.90. The van der Waals surface area contributed by atoms with Crippen LogP contribution in [0.25, 0.3) is 0 Å². The number of hydrogen-bond donors (Lipinski definition) is 3. The highest BCUT2D eigenvalue weighted by molar-refractivity contribution is 5.91. The van der Waals surface area contributed by atoms with Crippen LogP contribution >= 0.6 is 0 Å². The molecule has 0 spiro atoms. The number of carbonyl (C=O) groups is 1. The molecule has 0 aliphatic heterocycles. The van der Waals surface area contributed by atoms with Crippen LogP contribution in [0.1, 0.15) is 30.4 Å². The second-order valence-electron chi connectivity index (χ2n) is 6.65. The average Bonchev–Trinajstić information content (AvgIpc) is 2.71. The molecule has 2 rings (SSSR count). The highest BCUT2D eigenvalue weighted by Crippen LogP contribution is 2.28. The number of aryl methyl sites for hydroxylation is 1. The number of aliphatic hydroxyl groups excluding tert-OH is 1. The lowest BCUT2D eigenvalue weighted by Gasteiger charge is -2.13. The first-order valence-electron chi connectivity index (χ1n) is 9.60. The molecule has 0 saturated carbocycles. The van der Waals surface area contributed by atoms with E-state index in [4.69, 9.17) is 14.6 Å². The number of nitrogens with one attached hydrogen (secondary N) is 2. The molecule has 28 heavy (non-hydrogen) atoms. The molecule has 2 aromatic carbocycles. The summed E-state index contributed by atoms with van der Waals surface area (Å²) in [7, 11) is 1.58. The van der Waals surface area contributed by atoms with E-state index in [-0.39, 0.29) is 19.1 Å². The molecule has 0 radical (unpaired) electrons. The highest BCUT2D eigenvalue weighted by atomic mass is 16.5. The van der Waals surface area contributed by atoms with E-state index < -0.39 is 0 Å². The zero-order valence-corrected chi connectivity index (χ0v) is 16.7. The predicted molar refractivity (Wildman–Crippen MR) is 111 cm³/mol. The molecule has 6 heteroatoms. The molecule has 0 aliphatic carbocycles. The molecule has 0 aliphatic rings. The maximum atomic E-state index is 12.1. The number of unbranched alkanes of at least 4 members (excludes halogenated alkanes) is 2. The number of anilines is 1. The van der Waals surface area contributed by atoms with E-state index in [9.17, 15) is 4.79 Å². The van der Waals surface area contributed by atoms with Gasteiger partial charge in [-0.2, -0.15) is 0 Å². The fourth-order valence-corrected chi connectivity index (χ4v) is 2.69. The van der Waals surface area contributed by atoms with E-state index in [2.05, 4.69) is 10.6 Å². The maximum absolute atomic E-state index is 12.1. The fraction of sp³-hybridized carbons (Fsp3) is 0.409. The fourth-order valence-electron chi connectivity index (χ4n) is 2.69. The maximum Gasteiger partial charge on any atom is 0.262 e. The molecule has 0 fully saturated rings. The van der Waals surface area contributed by atoms with Gasteiger partial charge in [0, 0.05) is 18.8 Å². The first kappa shape index (κ1) is 21.7. The van der Waals surface area contributed by atoms with Gasteiger partial charge in [-0.3, -0.25) is 4.79 Å². The Hall–Kier alpha value is -2.57. The third-order valence-electron chi connectivity index (χ3n) is 4.26. The number of benzene rings is 2. The number of hydrogen-bond acceptors (Lipinski definition) is 5. The number of aliphatic hydroxyl groups is 1. The van der Waals surface area contributed by atoms with Crippen LogP contribution in [0, 0.1) is 6.92 Å². The first-order chi connectivity index (χ1) is 13.6. The number of methoxy groups -OCH3 is 1. The SMILES string of the molecule is COc1cc(CNCCCCCO)ccc1OCC(=O)Nc1ccc(C)cc1. The molecule has 0 aromatic heterocycles. The molecule has 0 bridgehead atoms. The van der Waals surface area contributed by atoms with Gasteiger partial charge >= 0.3 is 0 Å². The normalized spacial score (nSPS) is 10.5. The van der Waals surface area contributed by atoms with Gasteiger partial charge in [0.2, 0.25) is 0 Å². The largest absolute Gasteiger partial charge is 0.493 e. The van der Waals surface area contributed by atoms with Crippen molar-refractivity contribution in [1.82, 2.24) is 5.32 Å². The molecule has 1 amide bonds. The second-order valence-corrected chi connectivity index (χ2v) is 6.65. The Balaban J connectivity index is 1.80. The average molecular weight is 386 g/mol. The quantitative estimate of drug-likeness (QED) is 0.488. The molecular formula is C22H30N2O4. The van der Waals surface area contributed by atoms with Crippen molar-refractivity contribution in [1.29, 1.82) is 0 Å². The van der Waals surface area contributed by atoms with Gasteiger partial charge in [-0.25, -0.2) is 0 Å². The lowest BCUT2D eigenvalue weighted by Crippen LogP contribution is -2.20. The van der Waals surface area contributed by atoms with Gasteiger partial charge in [0.25, 0.3) is 5.91 Å². The smallest absolute Gasteiger partial charge is 0.262 e. The summed E-state index contributed by atoms with van der Waals surface area (Å²) >= 11 is 0. The van der Waals surface area contributed by atoms with E-state index >= 15 is 0 Å². The molecule has 0 unspecified atom stereocenters. The Labute approximate surface area is 166 Å². The van der Waals surface area contributed by atoms with Crippen LogP contribution in [0.4, 0.5) is 5.69 Å². The van der Waals surface area contributed by atoms with Crippen molar-refractivity contribution in [2.45, 2.75) is 32.7 Å². The molecule has 0 saturated heterocycles. The van der Waals surface area contributed by atoms with Crippen LogP contribution < -0.4 is 20.1 Å². The van der Waals surface area contributed by atoms with Crippen molar-refractivity contribution in [3.8, 4) is 11.5 Å². The Kier molecular flexibility index (Phi) is 9.31. The molecule has 2 aromatic rings. The van der Waals surface area contributed by atoms with Crippen LogP contribution in [0.5, 0.6) is 11.5 Å². The van der Waals surface area contributed by atoms with Gasteiger partial charge in [0.05, 0.1) is 7.11 Å². The van der Waals surface area contributed by atoms with Crippen LogP contribution in [0.15, 0.2) is 42.5 Å². The van der Waals surface area contributed by atoms with Gasteiger partial charge in [0.15, 0.2) is 18.1 Å². The summed E-state index contributed by atoms with van der Waals surface area (Å²) in [5, 5.41) is 15.0. The highest BCUT2D eigenvalue weighted by Gasteiger charge is 2.09. The van der Waals surface area contributed by atoms with Crippen LogP contribution in [0.2, 0.25) is 0 Å². The second kappa shape index (κ2) is 12.0. The lowest BCUT2D eigenvalue weighted by molar-refractivity contribution is -0.118. The van der Waals surface area contributed by atoms with E-state index in [0.717, 1.165) is 49.2 Å². The summed E-state index contributed by atoms with van der Waals surface area (Å²) in [5.74, 6) is 0.912. The zero-order valence-electron chi connectivity index (χ0n) is 16.7. The zero-order chi connectivity index (χ0) is 20.2. The van der Waals surface area contributed by atoms with Crippen LogP contribution in [-0.4, -0.2) is 37.9 Å². The third kappa shape index (κ3) is 7.58. The molecular weight excluding hydrogens is 356 g/mol. The van der Waals surface area contributed by atoms with E-state index in [1.54, 1.807) is 7.11 Å².